The van der Waals surface area contributed by atoms with Crippen molar-refractivity contribution in [3.8, 4) is 0 Å². The zero-order valence-electron chi connectivity index (χ0n) is 15.4. The number of aromatic nitrogens is 2. The number of carbonyl (C=O) groups excluding carboxylic acids is 2. The minimum absolute atomic E-state index is 0.0662. The number of imide groups is 1. The van der Waals surface area contributed by atoms with Gasteiger partial charge in [0.2, 0.25) is 0 Å². The van der Waals surface area contributed by atoms with E-state index < -0.39 is 5.54 Å². The molecule has 7 heteroatoms. The summed E-state index contributed by atoms with van der Waals surface area (Å²) >= 11 is 0. The van der Waals surface area contributed by atoms with Crippen LogP contribution in [0, 0.1) is 5.92 Å². The van der Waals surface area contributed by atoms with Crippen LogP contribution in [-0.4, -0.2) is 45.2 Å². The monoisotopic (exact) mass is 347 g/mol. The van der Waals surface area contributed by atoms with E-state index in [4.69, 9.17) is 0 Å². The van der Waals surface area contributed by atoms with Gasteiger partial charge in [0.1, 0.15) is 5.54 Å². The lowest BCUT2D eigenvalue weighted by atomic mass is 9.75. The number of hydrogen-bond donors (Lipinski definition) is 2. The summed E-state index contributed by atoms with van der Waals surface area (Å²) in [5, 5.41) is 10.7. The number of urea groups is 1. The van der Waals surface area contributed by atoms with Crippen LogP contribution < -0.4 is 10.6 Å². The Morgan fingerprint density at radius 3 is 2.64 bits per heavy atom. The van der Waals surface area contributed by atoms with Gasteiger partial charge in [0.15, 0.2) is 0 Å². The third-order valence-corrected chi connectivity index (χ3v) is 5.41. The van der Waals surface area contributed by atoms with E-state index in [1.807, 2.05) is 24.7 Å². The lowest BCUT2D eigenvalue weighted by Crippen LogP contribution is -2.55. The third kappa shape index (κ3) is 3.29. The summed E-state index contributed by atoms with van der Waals surface area (Å²) in [5.41, 5.74) is 0.150. The molecule has 7 nitrogen and oxygen atoms in total. The summed E-state index contributed by atoms with van der Waals surface area (Å²) in [6, 6.07) is -0.0138. The normalized spacial score (nSPS) is 25.0. The Kier molecular flexibility index (Phi) is 5.13. The molecule has 1 atom stereocenters. The summed E-state index contributed by atoms with van der Waals surface area (Å²) in [6.45, 7) is 8.26. The summed E-state index contributed by atoms with van der Waals surface area (Å²) in [5.74, 6) is 0.136. The van der Waals surface area contributed by atoms with Crippen LogP contribution >= 0.6 is 0 Å². The fraction of sp³-hybridized carbons (Fsp3) is 0.722. The van der Waals surface area contributed by atoms with Crippen molar-refractivity contribution in [2.24, 2.45) is 5.92 Å². The molecule has 0 aromatic carbocycles. The Morgan fingerprint density at radius 1 is 1.32 bits per heavy atom. The van der Waals surface area contributed by atoms with E-state index in [2.05, 4.69) is 22.7 Å². The van der Waals surface area contributed by atoms with Crippen molar-refractivity contribution in [2.45, 2.75) is 64.6 Å². The van der Waals surface area contributed by atoms with Crippen molar-refractivity contribution in [3.05, 3.63) is 18.0 Å². The number of nitrogens with zero attached hydrogens (tertiary/aromatic N) is 3. The second-order valence-electron chi connectivity index (χ2n) is 7.49. The van der Waals surface area contributed by atoms with E-state index in [0.717, 1.165) is 37.9 Å². The molecule has 0 bridgehead atoms. The second-order valence-corrected chi connectivity index (χ2v) is 7.49. The number of rotatable bonds is 6. The summed E-state index contributed by atoms with van der Waals surface area (Å²) < 4.78 is 1.85. The van der Waals surface area contributed by atoms with Crippen LogP contribution in [0.1, 0.15) is 58.1 Å². The molecule has 3 amide bonds. The number of nitrogens with one attached hydrogen (secondary N) is 2. The highest BCUT2D eigenvalue weighted by Crippen LogP contribution is 2.36. The molecular formula is C18H29N5O2. The average Bonchev–Trinajstić information content (AvgIpc) is 3.16. The van der Waals surface area contributed by atoms with E-state index >= 15 is 0 Å². The second kappa shape index (κ2) is 7.15. The van der Waals surface area contributed by atoms with Crippen molar-refractivity contribution in [3.63, 3.8) is 0 Å². The highest BCUT2D eigenvalue weighted by molar-refractivity contribution is 6.07. The molecule has 0 saturated carbocycles. The quantitative estimate of drug-likeness (QED) is 0.772. The highest BCUT2D eigenvalue weighted by atomic mass is 16.2. The zero-order chi connectivity index (χ0) is 18.0. The minimum atomic E-state index is -0.734. The van der Waals surface area contributed by atoms with E-state index in [-0.39, 0.29) is 30.4 Å². The molecule has 2 aliphatic heterocycles. The molecule has 1 unspecified atom stereocenters. The third-order valence-electron chi connectivity index (χ3n) is 5.41. The first-order chi connectivity index (χ1) is 12.0. The maximum absolute atomic E-state index is 13.3. The molecule has 0 radical (unpaired) electrons. The maximum atomic E-state index is 13.3. The van der Waals surface area contributed by atoms with E-state index in [9.17, 15) is 9.59 Å². The molecule has 0 spiro atoms. The standard InChI is InChI=1S/C18H29N5O2/c1-4-7-18(15-5-8-19-9-6-15)16(24)22(17(25)21-18)11-14-10-20-23(12-14)13(2)3/h10,12-13,15,19H,4-9,11H2,1-3H3,(H,21,25). The Hall–Kier alpha value is -1.89. The predicted octanol–water partition coefficient (Wildman–Crippen LogP) is 2.05. The topological polar surface area (TPSA) is 79.3 Å². The number of piperidine rings is 1. The molecule has 3 rings (SSSR count). The van der Waals surface area contributed by atoms with Gasteiger partial charge in [-0.05, 0) is 52.1 Å². The minimum Gasteiger partial charge on any atom is -0.323 e. The molecule has 2 aliphatic rings. The molecule has 138 valence electrons. The van der Waals surface area contributed by atoms with Gasteiger partial charge in [-0.25, -0.2) is 4.79 Å². The average molecular weight is 347 g/mol. The molecule has 2 fully saturated rings. The van der Waals surface area contributed by atoms with Gasteiger partial charge in [0.25, 0.3) is 5.91 Å². The first-order valence-corrected chi connectivity index (χ1v) is 9.35. The first kappa shape index (κ1) is 17.9. The van der Waals surface area contributed by atoms with Crippen molar-refractivity contribution >= 4 is 11.9 Å². The maximum Gasteiger partial charge on any atom is 0.325 e. The smallest absolute Gasteiger partial charge is 0.323 e. The van der Waals surface area contributed by atoms with Crippen molar-refractivity contribution in [2.75, 3.05) is 13.1 Å². The molecule has 2 N–H and O–H groups in total. The van der Waals surface area contributed by atoms with Crippen molar-refractivity contribution < 1.29 is 9.59 Å². The summed E-state index contributed by atoms with van der Waals surface area (Å²) in [7, 11) is 0. The Morgan fingerprint density at radius 2 is 2.04 bits per heavy atom. The van der Waals surface area contributed by atoms with E-state index in [0.29, 0.717) is 6.42 Å². The van der Waals surface area contributed by atoms with Crippen LogP contribution in [-0.2, 0) is 11.3 Å². The van der Waals surface area contributed by atoms with Gasteiger partial charge in [-0.2, -0.15) is 5.10 Å². The largest absolute Gasteiger partial charge is 0.325 e. The van der Waals surface area contributed by atoms with Crippen LogP contribution in [0.3, 0.4) is 0 Å². The summed E-state index contributed by atoms with van der Waals surface area (Å²) in [6.07, 6.45) is 7.07. The Bertz CT molecular complexity index is 635. The van der Waals surface area contributed by atoms with Gasteiger partial charge in [-0.1, -0.05) is 13.3 Å². The SMILES string of the molecule is CCCC1(C2CCNCC2)NC(=O)N(Cc2cnn(C(C)C)c2)C1=O. The number of hydrogen-bond acceptors (Lipinski definition) is 4. The van der Waals surface area contributed by atoms with Crippen LogP contribution in [0.4, 0.5) is 4.79 Å². The van der Waals surface area contributed by atoms with Gasteiger partial charge in [-0.15, -0.1) is 0 Å². The van der Waals surface area contributed by atoms with Gasteiger partial charge in [-0.3, -0.25) is 14.4 Å². The van der Waals surface area contributed by atoms with Crippen molar-refractivity contribution in [1.29, 1.82) is 0 Å². The highest BCUT2D eigenvalue weighted by Gasteiger charge is 2.54. The lowest BCUT2D eigenvalue weighted by molar-refractivity contribution is -0.134. The molecule has 1 aromatic heterocycles. The first-order valence-electron chi connectivity index (χ1n) is 9.35. The molecule has 0 aliphatic carbocycles. The lowest BCUT2D eigenvalue weighted by Gasteiger charge is -2.37. The molecule has 1 aromatic rings. The van der Waals surface area contributed by atoms with Crippen LogP contribution in [0.15, 0.2) is 12.4 Å². The fourth-order valence-electron chi connectivity index (χ4n) is 4.07. The number of carbonyl (C=O) groups is 2. The number of amides is 3. The van der Waals surface area contributed by atoms with E-state index in [1.54, 1.807) is 6.20 Å². The van der Waals surface area contributed by atoms with Crippen LogP contribution in [0.25, 0.3) is 0 Å². The van der Waals surface area contributed by atoms with Gasteiger partial charge in [0, 0.05) is 17.8 Å². The Balaban J connectivity index is 1.81. The Labute approximate surface area is 149 Å². The van der Waals surface area contributed by atoms with Gasteiger partial charge in [0.05, 0.1) is 12.7 Å². The molecule has 3 heterocycles. The predicted molar refractivity (Wildman–Crippen MR) is 94.9 cm³/mol. The van der Waals surface area contributed by atoms with E-state index in [1.165, 1.54) is 4.90 Å². The molecule has 2 saturated heterocycles. The van der Waals surface area contributed by atoms with Gasteiger partial charge < -0.3 is 10.6 Å². The zero-order valence-corrected chi connectivity index (χ0v) is 15.4. The van der Waals surface area contributed by atoms with Crippen LogP contribution in [0.5, 0.6) is 0 Å². The summed E-state index contributed by atoms with van der Waals surface area (Å²) in [4.78, 5) is 27.3. The molecular weight excluding hydrogens is 318 g/mol. The molecule has 25 heavy (non-hydrogen) atoms. The fourth-order valence-corrected chi connectivity index (χ4v) is 4.07. The van der Waals surface area contributed by atoms with Crippen molar-refractivity contribution in [1.82, 2.24) is 25.3 Å². The van der Waals surface area contributed by atoms with Gasteiger partial charge >= 0.3 is 6.03 Å². The van der Waals surface area contributed by atoms with Crippen LogP contribution in [0.2, 0.25) is 0 Å².